The number of hydrogen-bond acceptors (Lipinski definition) is 7. The number of amides is 2. The number of benzene rings is 1. The smallest absolute Gasteiger partial charge is 0.309 e. The molecule has 1 saturated heterocycles. The van der Waals surface area contributed by atoms with Crippen molar-refractivity contribution in [2.45, 2.75) is 12.6 Å². The Bertz CT molecular complexity index is 1090. The van der Waals surface area contributed by atoms with E-state index in [0.29, 0.717) is 6.54 Å². The lowest BCUT2D eigenvalue weighted by Crippen LogP contribution is -2.50. The molecule has 1 atom stereocenters. The number of rotatable bonds is 8. The quantitative estimate of drug-likeness (QED) is 0.480. The van der Waals surface area contributed by atoms with Crippen LogP contribution in [0.3, 0.4) is 0 Å². The van der Waals surface area contributed by atoms with Gasteiger partial charge in [0.1, 0.15) is 5.75 Å². The summed E-state index contributed by atoms with van der Waals surface area (Å²) in [5, 5.41) is 5.46. The normalized spacial score (nSPS) is 14.7. The van der Waals surface area contributed by atoms with Gasteiger partial charge in [0.25, 0.3) is 0 Å². The van der Waals surface area contributed by atoms with Crippen molar-refractivity contribution >= 4 is 17.5 Å². The zero-order valence-corrected chi connectivity index (χ0v) is 19.8. The predicted molar refractivity (Wildman–Crippen MR) is 133 cm³/mol. The molecular weight excluding hydrogens is 444 g/mol. The summed E-state index contributed by atoms with van der Waals surface area (Å²) in [7, 11) is 1.66. The average Bonchev–Trinajstić information content (AvgIpc) is 2.93. The first-order valence-electron chi connectivity index (χ1n) is 11.6. The molecule has 2 aromatic heterocycles. The number of anilines is 1. The fourth-order valence-electron chi connectivity index (χ4n) is 4.15. The minimum Gasteiger partial charge on any atom is -0.497 e. The Morgan fingerprint density at radius 1 is 0.914 bits per heavy atom. The number of nitrogens with one attached hydrogen (secondary N) is 2. The number of hydrogen-bond donors (Lipinski definition) is 2. The van der Waals surface area contributed by atoms with Gasteiger partial charge in [0.15, 0.2) is 0 Å². The Kier molecular flexibility index (Phi) is 8.24. The molecule has 35 heavy (non-hydrogen) atoms. The molecule has 0 aliphatic carbocycles. The van der Waals surface area contributed by atoms with Gasteiger partial charge in [-0.3, -0.25) is 24.5 Å². The van der Waals surface area contributed by atoms with Crippen LogP contribution < -0.4 is 20.3 Å². The summed E-state index contributed by atoms with van der Waals surface area (Å²) in [6, 6.07) is 15.5. The SMILES string of the molecule is COc1ccc(N2CCN(C(CNC(=O)C(=O)NCc3ccncc3)c3cccnc3)CC2)cc1. The number of carbonyl (C=O) groups is 2. The highest BCUT2D eigenvalue weighted by molar-refractivity contribution is 6.35. The van der Waals surface area contributed by atoms with E-state index >= 15 is 0 Å². The number of nitrogens with zero attached hydrogens (tertiary/aromatic N) is 4. The first-order chi connectivity index (χ1) is 17.1. The standard InChI is InChI=1S/C26H30N6O3/c1-35-23-6-4-22(5-7-23)31-13-15-32(16-14-31)24(21-3-2-10-28-18-21)19-30-26(34)25(33)29-17-20-8-11-27-12-9-20/h2-12,18,24H,13-17,19H2,1H3,(H,29,33)(H,30,34). The molecule has 9 heteroatoms. The van der Waals surface area contributed by atoms with Gasteiger partial charge in [-0.05, 0) is 53.6 Å². The molecule has 1 aliphatic rings. The minimum absolute atomic E-state index is 0.0846. The van der Waals surface area contributed by atoms with Gasteiger partial charge < -0.3 is 20.3 Å². The maximum Gasteiger partial charge on any atom is 0.309 e. The lowest BCUT2D eigenvalue weighted by molar-refractivity contribution is -0.139. The lowest BCUT2D eigenvalue weighted by Gasteiger charge is -2.40. The number of aromatic nitrogens is 2. The number of piperazine rings is 1. The topological polar surface area (TPSA) is 99.7 Å². The number of pyridine rings is 2. The van der Waals surface area contributed by atoms with E-state index in [1.54, 1.807) is 37.8 Å². The molecule has 9 nitrogen and oxygen atoms in total. The van der Waals surface area contributed by atoms with Crippen LogP contribution in [0.15, 0.2) is 73.3 Å². The molecule has 1 fully saturated rings. The van der Waals surface area contributed by atoms with Crippen molar-refractivity contribution < 1.29 is 14.3 Å². The van der Waals surface area contributed by atoms with Gasteiger partial charge in [-0.1, -0.05) is 6.07 Å². The first-order valence-corrected chi connectivity index (χ1v) is 11.6. The molecule has 4 rings (SSSR count). The molecule has 3 heterocycles. The van der Waals surface area contributed by atoms with Crippen LogP contribution in [0, 0.1) is 0 Å². The van der Waals surface area contributed by atoms with Crippen molar-refractivity contribution in [3.8, 4) is 5.75 Å². The van der Waals surface area contributed by atoms with Gasteiger partial charge in [-0.25, -0.2) is 0 Å². The van der Waals surface area contributed by atoms with Gasteiger partial charge in [0, 0.05) is 69.7 Å². The van der Waals surface area contributed by atoms with E-state index in [9.17, 15) is 9.59 Å². The number of methoxy groups -OCH3 is 1. The van der Waals surface area contributed by atoms with Crippen LogP contribution in [0.5, 0.6) is 5.75 Å². The third-order valence-corrected chi connectivity index (χ3v) is 6.13. The molecule has 2 N–H and O–H groups in total. The third kappa shape index (κ3) is 6.54. The summed E-state index contributed by atoms with van der Waals surface area (Å²) in [6.45, 7) is 3.92. The largest absolute Gasteiger partial charge is 0.497 e. The Morgan fingerprint density at radius 2 is 1.63 bits per heavy atom. The van der Waals surface area contributed by atoms with Crippen LogP contribution in [0.4, 0.5) is 5.69 Å². The minimum atomic E-state index is -0.656. The highest BCUT2D eigenvalue weighted by atomic mass is 16.5. The average molecular weight is 475 g/mol. The van der Waals surface area contributed by atoms with E-state index in [-0.39, 0.29) is 12.6 Å². The molecule has 182 valence electrons. The van der Waals surface area contributed by atoms with Crippen LogP contribution in [-0.2, 0) is 16.1 Å². The van der Waals surface area contributed by atoms with E-state index in [0.717, 1.165) is 48.7 Å². The molecule has 0 radical (unpaired) electrons. The van der Waals surface area contributed by atoms with Crippen LogP contribution in [0.25, 0.3) is 0 Å². The van der Waals surface area contributed by atoms with Gasteiger partial charge in [0.05, 0.1) is 13.2 Å². The fourth-order valence-corrected chi connectivity index (χ4v) is 4.15. The zero-order valence-electron chi connectivity index (χ0n) is 19.8. The first kappa shape index (κ1) is 24.2. The van der Waals surface area contributed by atoms with E-state index in [2.05, 4.69) is 42.5 Å². The zero-order chi connectivity index (χ0) is 24.5. The summed E-state index contributed by atoms with van der Waals surface area (Å²) < 4.78 is 5.26. The molecule has 0 spiro atoms. The molecule has 0 bridgehead atoms. The summed E-state index contributed by atoms with van der Waals surface area (Å²) >= 11 is 0. The summed E-state index contributed by atoms with van der Waals surface area (Å²) in [5.41, 5.74) is 3.04. The van der Waals surface area contributed by atoms with Crippen molar-refractivity contribution in [2.75, 3.05) is 44.7 Å². The highest BCUT2D eigenvalue weighted by Gasteiger charge is 2.26. The number of ether oxygens (including phenoxy) is 1. The van der Waals surface area contributed by atoms with Crippen molar-refractivity contribution in [1.29, 1.82) is 0 Å². The van der Waals surface area contributed by atoms with Crippen LogP contribution in [0.1, 0.15) is 17.2 Å². The molecule has 3 aromatic rings. The van der Waals surface area contributed by atoms with Crippen molar-refractivity contribution in [2.24, 2.45) is 0 Å². The van der Waals surface area contributed by atoms with Crippen LogP contribution >= 0.6 is 0 Å². The van der Waals surface area contributed by atoms with Crippen molar-refractivity contribution in [3.63, 3.8) is 0 Å². The van der Waals surface area contributed by atoms with Gasteiger partial charge in [-0.15, -0.1) is 0 Å². The Morgan fingerprint density at radius 3 is 2.29 bits per heavy atom. The van der Waals surface area contributed by atoms with Crippen LogP contribution in [-0.4, -0.2) is 66.5 Å². The van der Waals surface area contributed by atoms with E-state index < -0.39 is 11.8 Å². The predicted octanol–water partition coefficient (Wildman–Crippen LogP) is 1.78. The molecule has 1 aromatic carbocycles. The summed E-state index contributed by atoms with van der Waals surface area (Å²) in [4.78, 5) is 37.7. The van der Waals surface area contributed by atoms with Gasteiger partial charge in [-0.2, -0.15) is 0 Å². The summed E-state index contributed by atoms with van der Waals surface area (Å²) in [6.07, 6.45) is 6.84. The van der Waals surface area contributed by atoms with Crippen molar-refractivity contribution in [3.05, 3.63) is 84.4 Å². The van der Waals surface area contributed by atoms with Crippen LogP contribution in [0.2, 0.25) is 0 Å². The Balaban J connectivity index is 1.34. The summed E-state index contributed by atoms with van der Waals surface area (Å²) in [5.74, 6) is -0.467. The second-order valence-corrected chi connectivity index (χ2v) is 8.27. The van der Waals surface area contributed by atoms with Crippen molar-refractivity contribution in [1.82, 2.24) is 25.5 Å². The molecule has 1 unspecified atom stereocenters. The molecule has 2 amide bonds. The monoisotopic (exact) mass is 474 g/mol. The lowest BCUT2D eigenvalue weighted by atomic mass is 10.1. The Hall–Kier alpha value is -3.98. The fraction of sp³-hybridized carbons (Fsp3) is 0.308. The molecular formula is C26H30N6O3. The van der Waals surface area contributed by atoms with Gasteiger partial charge in [0.2, 0.25) is 0 Å². The number of carbonyl (C=O) groups excluding carboxylic acids is 2. The molecule has 1 aliphatic heterocycles. The maximum absolute atomic E-state index is 12.5. The maximum atomic E-state index is 12.5. The van der Waals surface area contributed by atoms with E-state index in [4.69, 9.17) is 4.74 Å². The molecule has 0 saturated carbocycles. The third-order valence-electron chi connectivity index (χ3n) is 6.13. The van der Waals surface area contributed by atoms with Gasteiger partial charge >= 0.3 is 11.8 Å². The van der Waals surface area contributed by atoms with E-state index in [1.807, 2.05) is 30.5 Å². The highest BCUT2D eigenvalue weighted by Crippen LogP contribution is 2.25. The second-order valence-electron chi connectivity index (χ2n) is 8.27. The van der Waals surface area contributed by atoms with E-state index in [1.165, 1.54) is 0 Å². The second kappa shape index (κ2) is 11.9. The Labute approximate surface area is 205 Å².